The van der Waals surface area contributed by atoms with Crippen molar-refractivity contribution in [3.63, 3.8) is 0 Å². The molecule has 3 aromatic rings. The topological polar surface area (TPSA) is 75.0 Å². The zero-order valence-electron chi connectivity index (χ0n) is 25.7. The molecule has 8 heteroatoms. The van der Waals surface area contributed by atoms with Crippen LogP contribution in [0.5, 0.6) is 11.5 Å². The van der Waals surface area contributed by atoms with Gasteiger partial charge in [0.2, 0.25) is 0 Å². The Morgan fingerprint density at radius 2 is 1.67 bits per heavy atom. The molecule has 0 N–H and O–H groups in total. The molecule has 0 unspecified atom stereocenters. The normalized spacial score (nSPS) is 12.3. The van der Waals surface area contributed by atoms with Gasteiger partial charge in [-0.2, -0.15) is 0 Å². The van der Waals surface area contributed by atoms with Gasteiger partial charge in [-0.1, -0.05) is 38.5 Å². The predicted molar refractivity (Wildman–Crippen MR) is 162 cm³/mol. The smallest absolute Gasteiger partial charge is 0.344 e. The van der Waals surface area contributed by atoms with Crippen LogP contribution >= 0.6 is 0 Å². The fraction of sp³-hybridized carbons (Fsp3) is 0.471. The van der Waals surface area contributed by atoms with E-state index < -0.39 is 35.3 Å². The molecule has 0 bridgehead atoms. The Balaban J connectivity index is 1.90. The van der Waals surface area contributed by atoms with Gasteiger partial charge in [0.05, 0.1) is 5.56 Å². The zero-order chi connectivity index (χ0) is 31.3. The lowest BCUT2D eigenvalue weighted by molar-refractivity contribution is -0.155. The second kappa shape index (κ2) is 13.1. The Morgan fingerprint density at radius 1 is 0.952 bits per heavy atom. The van der Waals surface area contributed by atoms with Crippen LogP contribution in [-0.4, -0.2) is 29.7 Å². The minimum Gasteiger partial charge on any atom is -0.488 e. The standard InChI is InChI=1S/C34H42F2O6/c1-9-10-11-12-23-13-16-26(29(17-23)39-21-34(8,35)36)27-18-24-14-15-25(19-28(24)40-31(27)38)41-32(4,5)20-33(6,7)42-30(37)22(2)3/h13-19H,2,9-12,20-21H2,1,3-8H3. The van der Waals surface area contributed by atoms with Crippen LogP contribution in [0, 0.1) is 0 Å². The average Bonchev–Trinajstić information content (AvgIpc) is 2.85. The lowest BCUT2D eigenvalue weighted by Gasteiger charge is -2.35. The minimum atomic E-state index is -3.03. The SMILES string of the molecule is C=C(C)C(=O)OC(C)(C)CC(C)(C)Oc1ccc2cc(-c3ccc(CCCCC)cc3OCC(C)(F)F)c(=O)oc2c1. The first-order valence-electron chi connectivity index (χ1n) is 14.3. The van der Waals surface area contributed by atoms with Crippen molar-refractivity contribution in [1.82, 2.24) is 0 Å². The van der Waals surface area contributed by atoms with E-state index in [1.807, 2.05) is 19.9 Å². The maximum atomic E-state index is 13.7. The Labute approximate surface area is 246 Å². The van der Waals surface area contributed by atoms with E-state index in [1.165, 1.54) is 0 Å². The third-order valence-electron chi connectivity index (χ3n) is 6.56. The van der Waals surface area contributed by atoms with Gasteiger partial charge in [-0.05, 0) is 77.3 Å². The van der Waals surface area contributed by atoms with Crippen LogP contribution in [0.25, 0.3) is 22.1 Å². The zero-order valence-corrected chi connectivity index (χ0v) is 25.7. The first-order chi connectivity index (χ1) is 19.5. The second-order valence-electron chi connectivity index (χ2n) is 12.3. The Morgan fingerprint density at radius 3 is 2.31 bits per heavy atom. The molecule has 42 heavy (non-hydrogen) atoms. The van der Waals surface area contributed by atoms with Gasteiger partial charge in [0, 0.05) is 35.9 Å². The molecule has 0 radical (unpaired) electrons. The summed E-state index contributed by atoms with van der Waals surface area (Å²) < 4.78 is 50.3. The number of esters is 1. The van der Waals surface area contributed by atoms with Crippen LogP contribution in [0.2, 0.25) is 0 Å². The molecule has 0 amide bonds. The quantitative estimate of drug-likeness (QED) is 0.0817. The van der Waals surface area contributed by atoms with Gasteiger partial charge in [0.15, 0.2) is 6.61 Å². The number of benzene rings is 2. The Hall–Kier alpha value is -3.68. The summed E-state index contributed by atoms with van der Waals surface area (Å²) in [5.74, 6) is -2.82. The Bertz CT molecular complexity index is 1480. The van der Waals surface area contributed by atoms with Crippen LogP contribution in [0.3, 0.4) is 0 Å². The fourth-order valence-electron chi connectivity index (χ4n) is 4.95. The number of carbonyl (C=O) groups excluding carboxylic acids is 1. The molecule has 3 rings (SSSR count). The summed E-state index contributed by atoms with van der Waals surface area (Å²) in [6, 6.07) is 12.2. The molecule has 2 aromatic carbocycles. The lowest BCUT2D eigenvalue weighted by atomic mass is 9.92. The van der Waals surface area contributed by atoms with E-state index in [4.69, 9.17) is 18.6 Å². The lowest BCUT2D eigenvalue weighted by Crippen LogP contribution is -2.40. The van der Waals surface area contributed by atoms with Gasteiger partial charge in [-0.15, -0.1) is 0 Å². The molecule has 1 heterocycles. The van der Waals surface area contributed by atoms with E-state index in [2.05, 4.69) is 13.5 Å². The van der Waals surface area contributed by atoms with Crippen LogP contribution in [0.1, 0.15) is 79.7 Å². The highest BCUT2D eigenvalue weighted by atomic mass is 19.3. The highest BCUT2D eigenvalue weighted by molar-refractivity contribution is 5.87. The second-order valence-corrected chi connectivity index (χ2v) is 12.3. The highest BCUT2D eigenvalue weighted by Crippen LogP contribution is 2.34. The van der Waals surface area contributed by atoms with E-state index in [1.54, 1.807) is 57.2 Å². The van der Waals surface area contributed by atoms with Gasteiger partial charge in [0.1, 0.15) is 28.3 Å². The third-order valence-corrected chi connectivity index (χ3v) is 6.56. The number of unbranched alkanes of at least 4 members (excludes halogenated alkanes) is 2. The highest BCUT2D eigenvalue weighted by Gasteiger charge is 2.34. The van der Waals surface area contributed by atoms with Crippen molar-refractivity contribution in [3.05, 3.63) is 70.6 Å². The van der Waals surface area contributed by atoms with Crippen molar-refractivity contribution in [2.24, 2.45) is 0 Å². The molecule has 0 fully saturated rings. The van der Waals surface area contributed by atoms with Gasteiger partial charge < -0.3 is 18.6 Å². The molecule has 1 aromatic heterocycles. The molecule has 228 valence electrons. The van der Waals surface area contributed by atoms with Crippen molar-refractivity contribution >= 4 is 16.9 Å². The van der Waals surface area contributed by atoms with Gasteiger partial charge in [-0.25, -0.2) is 18.4 Å². The summed E-state index contributed by atoms with van der Waals surface area (Å²) in [5.41, 5.74) is 0.00503. The number of alkyl halides is 2. The first kappa shape index (κ1) is 32.8. The predicted octanol–water partition coefficient (Wildman–Crippen LogP) is 8.67. The fourth-order valence-corrected chi connectivity index (χ4v) is 4.95. The van der Waals surface area contributed by atoms with Crippen LogP contribution in [0.4, 0.5) is 8.78 Å². The summed E-state index contributed by atoms with van der Waals surface area (Å²) >= 11 is 0. The largest absolute Gasteiger partial charge is 0.488 e. The van der Waals surface area contributed by atoms with Gasteiger partial charge in [-0.3, -0.25) is 0 Å². The molecule has 0 atom stereocenters. The van der Waals surface area contributed by atoms with Gasteiger partial charge in [0.25, 0.3) is 5.92 Å². The Kier molecular flexibility index (Phi) is 10.2. The molecule has 0 saturated heterocycles. The summed E-state index contributed by atoms with van der Waals surface area (Å²) in [7, 11) is 0. The molecular formula is C34H42F2O6. The van der Waals surface area contributed by atoms with Crippen LogP contribution in [0.15, 0.2) is 63.8 Å². The van der Waals surface area contributed by atoms with E-state index >= 15 is 0 Å². The molecular weight excluding hydrogens is 542 g/mol. The average molecular weight is 585 g/mol. The van der Waals surface area contributed by atoms with Crippen molar-refractivity contribution in [3.8, 4) is 22.6 Å². The number of hydrogen-bond donors (Lipinski definition) is 0. The monoisotopic (exact) mass is 584 g/mol. The molecule has 0 saturated carbocycles. The summed E-state index contributed by atoms with van der Waals surface area (Å²) in [4.78, 5) is 25.2. The molecule has 0 aliphatic carbocycles. The number of rotatable bonds is 14. The van der Waals surface area contributed by atoms with E-state index in [9.17, 15) is 18.4 Å². The van der Waals surface area contributed by atoms with E-state index in [0.29, 0.717) is 34.3 Å². The van der Waals surface area contributed by atoms with Crippen molar-refractivity contribution in [2.75, 3.05) is 6.61 Å². The van der Waals surface area contributed by atoms with E-state index in [-0.39, 0.29) is 11.3 Å². The minimum absolute atomic E-state index is 0.215. The van der Waals surface area contributed by atoms with Crippen molar-refractivity contribution < 1.29 is 32.2 Å². The molecule has 6 nitrogen and oxygen atoms in total. The van der Waals surface area contributed by atoms with Gasteiger partial charge >= 0.3 is 11.6 Å². The summed E-state index contributed by atoms with van der Waals surface area (Å²) in [5, 5.41) is 0.629. The number of aryl methyl sites for hydroxylation is 1. The van der Waals surface area contributed by atoms with Crippen LogP contribution in [-0.2, 0) is 16.0 Å². The van der Waals surface area contributed by atoms with Crippen LogP contribution < -0.4 is 15.1 Å². The molecule has 0 spiro atoms. The number of ether oxygens (including phenoxy) is 3. The summed E-state index contributed by atoms with van der Waals surface area (Å²) in [6.07, 6.45) is 4.26. The maximum Gasteiger partial charge on any atom is 0.344 e. The summed E-state index contributed by atoms with van der Waals surface area (Å²) in [6.45, 7) is 14.7. The molecule has 0 aliphatic rings. The third kappa shape index (κ3) is 9.43. The number of hydrogen-bond acceptors (Lipinski definition) is 6. The van der Waals surface area contributed by atoms with Crippen molar-refractivity contribution in [1.29, 1.82) is 0 Å². The number of fused-ring (bicyclic) bond motifs is 1. The maximum absolute atomic E-state index is 13.7. The van der Waals surface area contributed by atoms with Crippen molar-refractivity contribution in [2.45, 2.75) is 97.7 Å². The first-order valence-corrected chi connectivity index (χ1v) is 14.3. The molecule has 0 aliphatic heterocycles. The number of halogens is 2. The van der Waals surface area contributed by atoms with E-state index in [0.717, 1.165) is 38.2 Å². The number of carbonyl (C=O) groups is 1.